The van der Waals surface area contributed by atoms with E-state index in [1.54, 1.807) is 6.33 Å². The maximum Gasteiger partial charge on any atom is 0.150 e. The number of fused-ring (bicyclic) bond motifs is 1. The van der Waals surface area contributed by atoms with Crippen molar-refractivity contribution >= 4 is 28.5 Å². The largest absolute Gasteiger partial charge is 0.394 e. The van der Waals surface area contributed by atoms with Gasteiger partial charge >= 0.3 is 0 Å². The molecule has 2 aromatic heterocycles. The van der Waals surface area contributed by atoms with E-state index in [4.69, 9.17) is 21.4 Å². The summed E-state index contributed by atoms with van der Waals surface area (Å²) in [5.41, 5.74) is 4.87. The average molecular weight is 423 g/mol. The van der Waals surface area contributed by atoms with Crippen LogP contribution in [0.25, 0.3) is 27.8 Å². The molecule has 0 aliphatic carbocycles. The van der Waals surface area contributed by atoms with Crippen LogP contribution in [0.2, 0.25) is 5.02 Å². The van der Waals surface area contributed by atoms with E-state index in [0.29, 0.717) is 24.8 Å². The standard InChI is InChI=1S/C23H23ClN4O2/c1-16-7-8-18(13-20(16)24)28-14-19(17-5-3-2-4-6-17)21-22(26-15-27-23(21)28)25-9-11-30-12-10-29/h2-8,13-15,29H,9-12H2,1H3,(H,25,26,27). The van der Waals surface area contributed by atoms with Crippen molar-refractivity contribution in [2.75, 3.05) is 31.7 Å². The van der Waals surface area contributed by atoms with Crippen molar-refractivity contribution in [2.45, 2.75) is 6.92 Å². The number of halogens is 1. The van der Waals surface area contributed by atoms with Crippen LogP contribution in [0.4, 0.5) is 5.82 Å². The molecule has 4 rings (SSSR count). The van der Waals surface area contributed by atoms with Crippen molar-refractivity contribution < 1.29 is 9.84 Å². The first-order chi connectivity index (χ1) is 14.7. The van der Waals surface area contributed by atoms with E-state index in [1.807, 2.05) is 47.9 Å². The third-order valence-corrected chi connectivity index (χ3v) is 5.28. The van der Waals surface area contributed by atoms with Crippen LogP contribution in [0.1, 0.15) is 5.56 Å². The number of aliphatic hydroxyl groups is 1. The SMILES string of the molecule is Cc1ccc(-n2cc(-c3ccccc3)c3c(NCCOCCO)ncnc32)cc1Cl. The normalized spacial score (nSPS) is 11.2. The molecule has 0 saturated carbocycles. The molecule has 154 valence electrons. The summed E-state index contributed by atoms with van der Waals surface area (Å²) in [6.07, 6.45) is 3.63. The maximum atomic E-state index is 8.86. The molecular formula is C23H23ClN4O2. The van der Waals surface area contributed by atoms with Crippen molar-refractivity contribution in [3.8, 4) is 16.8 Å². The van der Waals surface area contributed by atoms with E-state index >= 15 is 0 Å². The quantitative estimate of drug-likeness (QED) is 0.410. The van der Waals surface area contributed by atoms with Crippen LogP contribution in [0.5, 0.6) is 0 Å². The van der Waals surface area contributed by atoms with Crippen molar-refractivity contribution in [3.05, 3.63) is 71.6 Å². The highest BCUT2D eigenvalue weighted by molar-refractivity contribution is 6.31. The number of hydrogen-bond donors (Lipinski definition) is 2. The third-order valence-electron chi connectivity index (χ3n) is 4.88. The number of aryl methyl sites for hydroxylation is 1. The summed E-state index contributed by atoms with van der Waals surface area (Å²) in [4.78, 5) is 9.06. The minimum Gasteiger partial charge on any atom is -0.394 e. The highest BCUT2D eigenvalue weighted by atomic mass is 35.5. The lowest BCUT2D eigenvalue weighted by molar-refractivity contribution is 0.0992. The van der Waals surface area contributed by atoms with E-state index in [9.17, 15) is 0 Å². The molecule has 0 aliphatic heterocycles. The lowest BCUT2D eigenvalue weighted by Crippen LogP contribution is -2.12. The number of rotatable bonds is 8. The number of aromatic nitrogens is 3. The Kier molecular flexibility index (Phi) is 6.28. The summed E-state index contributed by atoms with van der Waals surface area (Å²) in [6.45, 7) is 3.36. The van der Waals surface area contributed by atoms with Gasteiger partial charge in [0.1, 0.15) is 12.1 Å². The van der Waals surface area contributed by atoms with Crippen LogP contribution < -0.4 is 5.32 Å². The highest BCUT2D eigenvalue weighted by Crippen LogP contribution is 2.35. The summed E-state index contributed by atoms with van der Waals surface area (Å²) >= 11 is 6.39. The number of aliphatic hydroxyl groups excluding tert-OH is 1. The fraction of sp³-hybridized carbons (Fsp3) is 0.217. The number of hydrogen-bond acceptors (Lipinski definition) is 5. The number of nitrogens with zero attached hydrogens (tertiary/aromatic N) is 3. The lowest BCUT2D eigenvalue weighted by Gasteiger charge is -2.09. The molecule has 4 aromatic rings. The lowest BCUT2D eigenvalue weighted by atomic mass is 10.1. The molecule has 0 bridgehead atoms. The molecule has 7 heteroatoms. The monoisotopic (exact) mass is 422 g/mol. The molecule has 2 heterocycles. The van der Waals surface area contributed by atoms with Crippen LogP contribution in [0, 0.1) is 6.92 Å². The van der Waals surface area contributed by atoms with Gasteiger partial charge in [-0.1, -0.05) is 48.0 Å². The van der Waals surface area contributed by atoms with Crippen molar-refractivity contribution in [1.29, 1.82) is 0 Å². The summed E-state index contributed by atoms with van der Waals surface area (Å²) in [7, 11) is 0. The minimum atomic E-state index is 0.0118. The molecule has 2 aromatic carbocycles. The van der Waals surface area contributed by atoms with Crippen LogP contribution in [0.3, 0.4) is 0 Å². The summed E-state index contributed by atoms with van der Waals surface area (Å²) in [5, 5.41) is 13.8. The van der Waals surface area contributed by atoms with Gasteiger partial charge in [-0.3, -0.25) is 0 Å². The number of benzene rings is 2. The average Bonchev–Trinajstić information content (AvgIpc) is 3.17. The van der Waals surface area contributed by atoms with Gasteiger partial charge in [-0.2, -0.15) is 0 Å². The first-order valence-electron chi connectivity index (χ1n) is 9.79. The van der Waals surface area contributed by atoms with E-state index in [-0.39, 0.29) is 6.61 Å². The smallest absolute Gasteiger partial charge is 0.150 e. The summed E-state index contributed by atoms with van der Waals surface area (Å²) in [6, 6.07) is 16.2. The molecule has 0 amide bonds. The molecule has 0 spiro atoms. The molecule has 0 radical (unpaired) electrons. The highest BCUT2D eigenvalue weighted by Gasteiger charge is 2.17. The van der Waals surface area contributed by atoms with Crippen LogP contribution >= 0.6 is 11.6 Å². The van der Waals surface area contributed by atoms with Gasteiger partial charge in [-0.05, 0) is 30.2 Å². The molecule has 30 heavy (non-hydrogen) atoms. The van der Waals surface area contributed by atoms with Gasteiger partial charge in [0.2, 0.25) is 0 Å². The second-order valence-corrected chi connectivity index (χ2v) is 7.30. The molecule has 2 N–H and O–H groups in total. The molecule has 0 unspecified atom stereocenters. The number of nitrogens with one attached hydrogen (secondary N) is 1. The van der Waals surface area contributed by atoms with Crippen molar-refractivity contribution in [1.82, 2.24) is 14.5 Å². The number of anilines is 1. The Labute approximate surface area is 180 Å². The molecule has 0 saturated heterocycles. The van der Waals surface area contributed by atoms with Crippen LogP contribution in [-0.2, 0) is 4.74 Å². The molecule has 6 nitrogen and oxygen atoms in total. The second-order valence-electron chi connectivity index (χ2n) is 6.90. The predicted molar refractivity (Wildman–Crippen MR) is 120 cm³/mol. The predicted octanol–water partition coefficient (Wildman–Crippen LogP) is 4.47. The second kappa shape index (κ2) is 9.26. The first-order valence-corrected chi connectivity index (χ1v) is 10.2. The van der Waals surface area contributed by atoms with E-state index in [1.165, 1.54) is 0 Å². The van der Waals surface area contributed by atoms with E-state index in [0.717, 1.165) is 39.2 Å². The Morgan fingerprint density at radius 3 is 2.70 bits per heavy atom. The van der Waals surface area contributed by atoms with Crippen molar-refractivity contribution in [3.63, 3.8) is 0 Å². The van der Waals surface area contributed by atoms with Gasteiger partial charge in [0.05, 0.1) is 25.2 Å². The Balaban J connectivity index is 1.82. The minimum absolute atomic E-state index is 0.0118. The zero-order valence-electron chi connectivity index (χ0n) is 16.7. The fourth-order valence-electron chi connectivity index (χ4n) is 3.37. The summed E-state index contributed by atoms with van der Waals surface area (Å²) in [5.74, 6) is 0.739. The van der Waals surface area contributed by atoms with Gasteiger partial charge in [0.25, 0.3) is 0 Å². The van der Waals surface area contributed by atoms with Crippen LogP contribution in [-0.4, -0.2) is 46.0 Å². The fourth-order valence-corrected chi connectivity index (χ4v) is 3.54. The van der Waals surface area contributed by atoms with Gasteiger partial charge in [0.15, 0.2) is 5.65 Å². The first kappa shape index (κ1) is 20.3. The molecular weight excluding hydrogens is 400 g/mol. The Bertz CT molecular complexity index is 1140. The topological polar surface area (TPSA) is 72.2 Å². The Hall–Kier alpha value is -2.93. The van der Waals surface area contributed by atoms with Crippen LogP contribution in [0.15, 0.2) is 61.1 Å². The summed E-state index contributed by atoms with van der Waals surface area (Å²) < 4.78 is 7.39. The zero-order valence-corrected chi connectivity index (χ0v) is 17.4. The van der Waals surface area contributed by atoms with Gasteiger partial charge < -0.3 is 19.7 Å². The molecule has 0 aliphatic rings. The maximum absolute atomic E-state index is 8.86. The Morgan fingerprint density at radius 1 is 1.10 bits per heavy atom. The molecule has 0 atom stereocenters. The van der Waals surface area contributed by atoms with Gasteiger partial charge in [-0.15, -0.1) is 0 Å². The van der Waals surface area contributed by atoms with E-state index < -0.39 is 0 Å². The Morgan fingerprint density at radius 2 is 1.93 bits per heavy atom. The van der Waals surface area contributed by atoms with Gasteiger partial charge in [-0.25, -0.2) is 9.97 Å². The van der Waals surface area contributed by atoms with Crippen molar-refractivity contribution in [2.24, 2.45) is 0 Å². The zero-order chi connectivity index (χ0) is 20.9. The van der Waals surface area contributed by atoms with Gasteiger partial charge in [0, 0.05) is 29.0 Å². The van der Waals surface area contributed by atoms with E-state index in [2.05, 4.69) is 33.6 Å². The molecule has 0 fully saturated rings. The third kappa shape index (κ3) is 4.16. The number of ether oxygens (including phenoxy) is 1.